The smallest absolute Gasteiger partial charge is 0.387 e. The lowest BCUT2D eigenvalue weighted by molar-refractivity contribution is -0.131. The average Bonchev–Trinajstić information content (AvgIpc) is 2.18. The molecule has 0 heterocycles. The highest BCUT2D eigenvalue weighted by Gasteiger charge is 2.11. The first-order valence-corrected chi connectivity index (χ1v) is 4.53. The van der Waals surface area contributed by atoms with Gasteiger partial charge in [0.05, 0.1) is 5.02 Å². The fraction of sp³-hybridized carbons (Fsp3) is 0.100. The van der Waals surface area contributed by atoms with E-state index in [1.807, 2.05) is 0 Å². The van der Waals surface area contributed by atoms with Crippen LogP contribution in [0, 0.1) is 0 Å². The Morgan fingerprint density at radius 1 is 1.50 bits per heavy atom. The second-order valence-corrected chi connectivity index (χ2v) is 3.12. The van der Waals surface area contributed by atoms with Gasteiger partial charge in [-0.25, -0.2) is 4.79 Å². The molecule has 0 aliphatic heterocycles. The van der Waals surface area contributed by atoms with Crippen LogP contribution >= 0.6 is 11.6 Å². The lowest BCUT2D eigenvalue weighted by atomic mass is 10.2. The number of carboxylic acids is 1. The summed E-state index contributed by atoms with van der Waals surface area (Å²) in [5, 5.41) is 8.40. The first-order chi connectivity index (χ1) is 7.50. The maximum atomic E-state index is 12.1. The van der Waals surface area contributed by atoms with Crippen LogP contribution in [0.25, 0.3) is 6.08 Å². The Balaban J connectivity index is 3.07. The van der Waals surface area contributed by atoms with E-state index < -0.39 is 12.6 Å². The number of hydrogen-bond acceptors (Lipinski definition) is 2. The Labute approximate surface area is 94.9 Å². The molecule has 0 aliphatic carbocycles. The third-order valence-corrected chi connectivity index (χ3v) is 1.91. The van der Waals surface area contributed by atoms with Crippen molar-refractivity contribution in [1.82, 2.24) is 0 Å². The zero-order chi connectivity index (χ0) is 12.1. The molecule has 0 atom stereocenters. The first-order valence-electron chi connectivity index (χ1n) is 4.15. The van der Waals surface area contributed by atoms with E-state index in [1.165, 1.54) is 18.2 Å². The molecule has 1 N–H and O–H groups in total. The van der Waals surface area contributed by atoms with Crippen LogP contribution in [-0.2, 0) is 4.79 Å². The van der Waals surface area contributed by atoms with Crippen LogP contribution in [0.4, 0.5) is 8.78 Å². The summed E-state index contributed by atoms with van der Waals surface area (Å²) in [7, 11) is 0. The summed E-state index contributed by atoms with van der Waals surface area (Å²) in [6.07, 6.45) is 1.94. The van der Waals surface area contributed by atoms with Crippen molar-refractivity contribution in [2.45, 2.75) is 6.61 Å². The number of carboxylic acid groups (broad SMARTS) is 1. The van der Waals surface area contributed by atoms with Gasteiger partial charge in [-0.3, -0.25) is 0 Å². The highest BCUT2D eigenvalue weighted by Crippen LogP contribution is 2.30. The molecule has 0 aliphatic rings. The summed E-state index contributed by atoms with van der Waals surface area (Å²) >= 11 is 5.65. The van der Waals surface area contributed by atoms with Gasteiger partial charge in [0.1, 0.15) is 0 Å². The summed E-state index contributed by atoms with van der Waals surface area (Å²) in [6.45, 7) is -3.02. The van der Waals surface area contributed by atoms with Crippen LogP contribution in [0.1, 0.15) is 5.56 Å². The summed E-state index contributed by atoms with van der Waals surface area (Å²) in [4.78, 5) is 10.3. The van der Waals surface area contributed by atoms with E-state index in [4.69, 9.17) is 16.7 Å². The van der Waals surface area contributed by atoms with Crippen molar-refractivity contribution in [3.63, 3.8) is 0 Å². The topological polar surface area (TPSA) is 46.5 Å². The van der Waals surface area contributed by atoms with Crippen molar-refractivity contribution in [1.29, 1.82) is 0 Å². The standard InChI is InChI=1S/C10H7ClF2O3/c11-7-3-1-2-6(4-5-8(14)15)9(7)16-10(12)13/h1-5,10H,(H,14,15)/b5-4+. The van der Waals surface area contributed by atoms with Gasteiger partial charge in [-0.1, -0.05) is 23.7 Å². The summed E-state index contributed by atoms with van der Waals surface area (Å²) < 4.78 is 28.3. The van der Waals surface area contributed by atoms with Crippen LogP contribution in [-0.4, -0.2) is 17.7 Å². The molecule has 1 rings (SSSR count). The minimum absolute atomic E-state index is 0.00663. The second-order valence-electron chi connectivity index (χ2n) is 2.71. The molecule has 1 aromatic carbocycles. The number of ether oxygens (including phenoxy) is 1. The van der Waals surface area contributed by atoms with Gasteiger partial charge < -0.3 is 9.84 Å². The van der Waals surface area contributed by atoms with Crippen molar-refractivity contribution in [3.8, 4) is 5.75 Å². The van der Waals surface area contributed by atoms with E-state index in [0.717, 1.165) is 12.2 Å². The van der Waals surface area contributed by atoms with Gasteiger partial charge in [-0.15, -0.1) is 0 Å². The summed E-state index contributed by atoms with van der Waals surface area (Å²) in [6, 6.07) is 4.29. The number of benzene rings is 1. The lowest BCUT2D eigenvalue weighted by Gasteiger charge is -2.09. The maximum absolute atomic E-state index is 12.1. The molecular weight excluding hydrogens is 242 g/mol. The van der Waals surface area contributed by atoms with Crippen LogP contribution in [0.5, 0.6) is 5.75 Å². The number of rotatable bonds is 4. The molecular formula is C10H7ClF2O3. The van der Waals surface area contributed by atoms with Crippen LogP contribution in [0.15, 0.2) is 24.3 Å². The normalized spacial score (nSPS) is 11.0. The Bertz CT molecular complexity index is 419. The Morgan fingerprint density at radius 2 is 2.19 bits per heavy atom. The van der Waals surface area contributed by atoms with E-state index >= 15 is 0 Å². The van der Waals surface area contributed by atoms with Gasteiger partial charge in [-0.05, 0) is 12.1 Å². The highest BCUT2D eigenvalue weighted by atomic mass is 35.5. The van der Waals surface area contributed by atoms with Crippen molar-refractivity contribution in [2.75, 3.05) is 0 Å². The van der Waals surface area contributed by atoms with Gasteiger partial charge in [0, 0.05) is 11.6 Å². The Kier molecular flexibility index (Phi) is 4.25. The largest absolute Gasteiger partial charge is 0.478 e. The fourth-order valence-corrected chi connectivity index (χ4v) is 1.26. The molecule has 0 radical (unpaired) electrons. The molecule has 6 heteroatoms. The molecule has 0 unspecified atom stereocenters. The molecule has 16 heavy (non-hydrogen) atoms. The molecule has 3 nitrogen and oxygen atoms in total. The summed E-state index contributed by atoms with van der Waals surface area (Å²) in [5.41, 5.74) is 0.176. The highest BCUT2D eigenvalue weighted by molar-refractivity contribution is 6.32. The minimum Gasteiger partial charge on any atom is -0.478 e. The minimum atomic E-state index is -3.02. The first kappa shape index (κ1) is 12.4. The van der Waals surface area contributed by atoms with Gasteiger partial charge in [0.15, 0.2) is 5.75 Å². The van der Waals surface area contributed by atoms with Gasteiger partial charge in [-0.2, -0.15) is 8.78 Å². The Morgan fingerprint density at radius 3 is 2.75 bits per heavy atom. The van der Waals surface area contributed by atoms with Crippen molar-refractivity contribution in [2.24, 2.45) is 0 Å². The van der Waals surface area contributed by atoms with Crippen molar-refractivity contribution < 1.29 is 23.4 Å². The van der Waals surface area contributed by atoms with Crippen molar-refractivity contribution >= 4 is 23.6 Å². The molecule has 1 aromatic rings. The molecule has 0 fully saturated rings. The number of para-hydroxylation sites is 1. The predicted octanol–water partition coefficient (Wildman–Crippen LogP) is 3.04. The summed E-state index contributed by atoms with van der Waals surface area (Å²) in [5.74, 6) is -1.43. The van der Waals surface area contributed by atoms with Gasteiger partial charge in [0.2, 0.25) is 0 Å². The van der Waals surface area contributed by atoms with Crippen molar-refractivity contribution in [3.05, 3.63) is 34.9 Å². The number of carbonyl (C=O) groups is 1. The molecule has 0 aromatic heterocycles. The lowest BCUT2D eigenvalue weighted by Crippen LogP contribution is -2.03. The average molecular weight is 249 g/mol. The van der Waals surface area contributed by atoms with Gasteiger partial charge in [0.25, 0.3) is 0 Å². The molecule has 0 saturated carbocycles. The maximum Gasteiger partial charge on any atom is 0.387 e. The predicted molar refractivity (Wildman–Crippen MR) is 54.8 cm³/mol. The van der Waals surface area contributed by atoms with E-state index in [9.17, 15) is 13.6 Å². The number of halogens is 3. The monoisotopic (exact) mass is 248 g/mol. The number of aliphatic carboxylic acids is 1. The molecule has 86 valence electrons. The van der Waals surface area contributed by atoms with E-state index in [-0.39, 0.29) is 16.3 Å². The van der Waals surface area contributed by atoms with Crippen LogP contribution < -0.4 is 4.74 Å². The molecule has 0 saturated heterocycles. The SMILES string of the molecule is O=C(O)/C=C/c1cccc(Cl)c1OC(F)F. The zero-order valence-electron chi connectivity index (χ0n) is 7.86. The third-order valence-electron chi connectivity index (χ3n) is 1.61. The van der Waals surface area contributed by atoms with E-state index in [1.54, 1.807) is 0 Å². The van der Waals surface area contributed by atoms with E-state index in [0.29, 0.717) is 0 Å². The van der Waals surface area contributed by atoms with E-state index in [2.05, 4.69) is 4.74 Å². The van der Waals surface area contributed by atoms with Gasteiger partial charge >= 0.3 is 12.6 Å². The number of alkyl halides is 2. The quantitative estimate of drug-likeness (QED) is 0.833. The number of hydrogen-bond donors (Lipinski definition) is 1. The molecule has 0 bridgehead atoms. The molecule has 0 amide bonds. The molecule has 0 spiro atoms. The third kappa shape index (κ3) is 3.51. The fourth-order valence-electron chi connectivity index (χ4n) is 1.03. The second kappa shape index (κ2) is 5.46. The Hall–Kier alpha value is -1.62. The van der Waals surface area contributed by atoms with Crippen LogP contribution in [0.3, 0.4) is 0 Å². The zero-order valence-corrected chi connectivity index (χ0v) is 8.62. The van der Waals surface area contributed by atoms with Crippen LogP contribution in [0.2, 0.25) is 5.02 Å².